The molecule has 1 atom stereocenters. The van der Waals surface area contributed by atoms with Crippen molar-refractivity contribution in [3.05, 3.63) is 35.1 Å². The van der Waals surface area contributed by atoms with Gasteiger partial charge in [-0.15, -0.1) is 5.10 Å². The highest BCUT2D eigenvalue weighted by molar-refractivity contribution is 6.34. The van der Waals surface area contributed by atoms with Crippen LogP contribution in [0.15, 0.2) is 24.5 Å². The lowest BCUT2D eigenvalue weighted by Gasteiger charge is -2.20. The molecule has 1 aromatic heterocycles. The standard InChI is InChI=1S/C15H20ClN5O2/c1-3-10(4-2)14(22)8-17-15(23)12-6-5-11(7-13(12)16)21-9-18-19-20-21/h5-7,9-10,14,22H,3-4,8H2,1-2H3,(H,17,23). The first-order valence-corrected chi connectivity index (χ1v) is 7.93. The smallest absolute Gasteiger partial charge is 0.252 e. The molecule has 2 aromatic rings. The summed E-state index contributed by atoms with van der Waals surface area (Å²) in [5.41, 5.74) is 1.01. The number of carbonyl (C=O) groups is 1. The molecule has 0 saturated heterocycles. The van der Waals surface area contributed by atoms with Crippen LogP contribution in [0.5, 0.6) is 0 Å². The molecule has 8 heteroatoms. The van der Waals surface area contributed by atoms with E-state index in [1.165, 1.54) is 11.0 Å². The number of nitrogens with zero attached hydrogens (tertiary/aromatic N) is 4. The zero-order chi connectivity index (χ0) is 16.8. The number of nitrogens with one attached hydrogen (secondary N) is 1. The molecule has 0 bridgehead atoms. The van der Waals surface area contributed by atoms with Crippen molar-refractivity contribution in [1.82, 2.24) is 25.5 Å². The van der Waals surface area contributed by atoms with Crippen molar-refractivity contribution < 1.29 is 9.90 Å². The van der Waals surface area contributed by atoms with Crippen LogP contribution in [0.1, 0.15) is 37.0 Å². The van der Waals surface area contributed by atoms with Crippen LogP contribution in [0.25, 0.3) is 5.69 Å². The van der Waals surface area contributed by atoms with Gasteiger partial charge in [0.15, 0.2) is 0 Å². The van der Waals surface area contributed by atoms with Crippen molar-refractivity contribution in [2.75, 3.05) is 6.54 Å². The van der Waals surface area contributed by atoms with E-state index in [-0.39, 0.29) is 18.4 Å². The van der Waals surface area contributed by atoms with E-state index in [1.54, 1.807) is 18.2 Å². The number of hydrogen-bond donors (Lipinski definition) is 2. The first-order chi connectivity index (χ1) is 11.1. The fourth-order valence-electron chi connectivity index (χ4n) is 2.40. The first-order valence-electron chi connectivity index (χ1n) is 7.56. The summed E-state index contributed by atoms with van der Waals surface area (Å²) in [5, 5.41) is 24.0. The van der Waals surface area contributed by atoms with Gasteiger partial charge in [-0.1, -0.05) is 38.3 Å². The van der Waals surface area contributed by atoms with Crippen molar-refractivity contribution in [2.45, 2.75) is 32.8 Å². The summed E-state index contributed by atoms with van der Waals surface area (Å²) >= 11 is 6.17. The van der Waals surface area contributed by atoms with E-state index in [0.29, 0.717) is 16.3 Å². The van der Waals surface area contributed by atoms with Crippen molar-refractivity contribution in [3.63, 3.8) is 0 Å². The quantitative estimate of drug-likeness (QED) is 0.804. The van der Waals surface area contributed by atoms with Crippen LogP contribution in [0, 0.1) is 5.92 Å². The maximum atomic E-state index is 12.2. The highest BCUT2D eigenvalue weighted by atomic mass is 35.5. The van der Waals surface area contributed by atoms with Gasteiger partial charge in [-0.2, -0.15) is 0 Å². The summed E-state index contributed by atoms with van der Waals surface area (Å²) < 4.78 is 1.45. The van der Waals surface area contributed by atoms with Crippen LogP contribution in [-0.2, 0) is 0 Å². The number of amides is 1. The molecular weight excluding hydrogens is 318 g/mol. The van der Waals surface area contributed by atoms with Crippen LogP contribution in [-0.4, -0.2) is 43.9 Å². The Labute approximate surface area is 139 Å². The Morgan fingerprint density at radius 3 is 2.70 bits per heavy atom. The van der Waals surface area contributed by atoms with Gasteiger partial charge in [-0.25, -0.2) is 4.68 Å². The number of tetrazole rings is 1. The zero-order valence-corrected chi connectivity index (χ0v) is 13.9. The number of carbonyl (C=O) groups excluding carboxylic acids is 1. The molecule has 0 spiro atoms. The minimum atomic E-state index is -0.562. The maximum absolute atomic E-state index is 12.2. The molecule has 2 N–H and O–H groups in total. The normalized spacial score (nSPS) is 12.4. The number of aromatic nitrogens is 4. The Hall–Kier alpha value is -1.99. The van der Waals surface area contributed by atoms with Crippen molar-refractivity contribution in [1.29, 1.82) is 0 Å². The number of halogens is 1. The van der Waals surface area contributed by atoms with E-state index in [1.807, 2.05) is 13.8 Å². The summed E-state index contributed by atoms with van der Waals surface area (Å²) in [7, 11) is 0. The Kier molecular flexibility index (Phi) is 6.06. The van der Waals surface area contributed by atoms with E-state index >= 15 is 0 Å². The second-order valence-electron chi connectivity index (χ2n) is 5.27. The number of benzene rings is 1. The van der Waals surface area contributed by atoms with Gasteiger partial charge in [0.1, 0.15) is 6.33 Å². The molecule has 23 heavy (non-hydrogen) atoms. The summed E-state index contributed by atoms with van der Waals surface area (Å²) in [4.78, 5) is 12.2. The fourth-order valence-corrected chi connectivity index (χ4v) is 2.66. The highest BCUT2D eigenvalue weighted by Gasteiger charge is 2.18. The highest BCUT2D eigenvalue weighted by Crippen LogP contribution is 2.20. The predicted octanol–water partition coefficient (Wildman–Crippen LogP) is 1.84. The van der Waals surface area contributed by atoms with Crippen LogP contribution >= 0.6 is 11.6 Å². The van der Waals surface area contributed by atoms with Gasteiger partial charge in [-0.3, -0.25) is 4.79 Å². The van der Waals surface area contributed by atoms with Crippen molar-refractivity contribution in [3.8, 4) is 5.69 Å². The summed E-state index contributed by atoms with van der Waals surface area (Å²) in [5.74, 6) is -0.142. The summed E-state index contributed by atoms with van der Waals surface area (Å²) in [6.07, 6.45) is 2.62. The molecule has 0 saturated carbocycles. The largest absolute Gasteiger partial charge is 0.391 e. The lowest BCUT2D eigenvalue weighted by atomic mass is 9.96. The SMILES string of the molecule is CCC(CC)C(O)CNC(=O)c1ccc(-n2cnnn2)cc1Cl. The van der Waals surface area contributed by atoms with Crippen LogP contribution in [0.2, 0.25) is 5.02 Å². The third-order valence-corrected chi connectivity index (χ3v) is 4.19. The average molecular weight is 338 g/mol. The van der Waals surface area contributed by atoms with Crippen molar-refractivity contribution >= 4 is 17.5 Å². The van der Waals surface area contributed by atoms with Gasteiger partial charge in [0, 0.05) is 6.54 Å². The second-order valence-corrected chi connectivity index (χ2v) is 5.68. The van der Waals surface area contributed by atoms with E-state index < -0.39 is 6.10 Å². The molecule has 2 rings (SSSR count). The topological polar surface area (TPSA) is 92.9 Å². The molecule has 0 radical (unpaired) electrons. The van der Waals surface area contributed by atoms with E-state index in [0.717, 1.165) is 12.8 Å². The van der Waals surface area contributed by atoms with Gasteiger partial charge in [-0.05, 0) is 34.5 Å². The third kappa shape index (κ3) is 4.27. The Balaban J connectivity index is 2.02. The van der Waals surface area contributed by atoms with Crippen LogP contribution < -0.4 is 5.32 Å². The molecule has 0 fully saturated rings. The molecule has 7 nitrogen and oxygen atoms in total. The number of hydrogen-bond acceptors (Lipinski definition) is 5. The zero-order valence-electron chi connectivity index (χ0n) is 13.1. The van der Waals surface area contributed by atoms with Gasteiger partial charge in [0.25, 0.3) is 5.91 Å². The lowest BCUT2D eigenvalue weighted by Crippen LogP contribution is -2.36. The molecule has 0 aliphatic carbocycles. The molecule has 0 aliphatic rings. The molecule has 1 aromatic carbocycles. The van der Waals surface area contributed by atoms with Gasteiger partial charge < -0.3 is 10.4 Å². The molecule has 0 aliphatic heterocycles. The monoisotopic (exact) mass is 337 g/mol. The number of aliphatic hydroxyl groups is 1. The minimum absolute atomic E-state index is 0.174. The number of rotatable bonds is 7. The fraction of sp³-hybridized carbons (Fsp3) is 0.467. The Bertz CT molecular complexity index is 643. The van der Waals surface area contributed by atoms with Crippen molar-refractivity contribution in [2.24, 2.45) is 5.92 Å². The van der Waals surface area contributed by atoms with Crippen LogP contribution in [0.4, 0.5) is 0 Å². The van der Waals surface area contributed by atoms with E-state index in [2.05, 4.69) is 20.8 Å². The van der Waals surface area contributed by atoms with Gasteiger partial charge >= 0.3 is 0 Å². The second kappa shape index (κ2) is 8.03. The van der Waals surface area contributed by atoms with E-state index in [9.17, 15) is 9.90 Å². The number of aliphatic hydroxyl groups excluding tert-OH is 1. The van der Waals surface area contributed by atoms with Gasteiger partial charge in [0.2, 0.25) is 0 Å². The first kappa shape index (κ1) is 17.4. The Morgan fingerprint density at radius 2 is 2.13 bits per heavy atom. The lowest BCUT2D eigenvalue weighted by molar-refractivity contribution is 0.0817. The van der Waals surface area contributed by atoms with Gasteiger partial charge in [0.05, 0.1) is 22.4 Å². The predicted molar refractivity (Wildman–Crippen MR) is 86.6 cm³/mol. The molecule has 1 unspecified atom stereocenters. The maximum Gasteiger partial charge on any atom is 0.252 e. The average Bonchev–Trinajstić information content (AvgIpc) is 3.08. The molecule has 1 heterocycles. The van der Waals surface area contributed by atoms with E-state index in [4.69, 9.17) is 11.6 Å². The summed E-state index contributed by atoms with van der Waals surface area (Å²) in [6, 6.07) is 4.93. The Morgan fingerprint density at radius 1 is 1.39 bits per heavy atom. The van der Waals surface area contributed by atoms with Crippen LogP contribution in [0.3, 0.4) is 0 Å². The minimum Gasteiger partial charge on any atom is -0.391 e. The summed E-state index contributed by atoms with van der Waals surface area (Å²) in [6.45, 7) is 4.25. The molecule has 1 amide bonds. The third-order valence-electron chi connectivity index (χ3n) is 3.88. The molecular formula is C15H20ClN5O2. The molecule has 124 valence electrons.